The van der Waals surface area contributed by atoms with Crippen molar-refractivity contribution in [3.05, 3.63) is 64.8 Å². The fraction of sp³-hybridized carbons (Fsp3) is 0.111. The molecule has 0 unspecified atom stereocenters. The van der Waals surface area contributed by atoms with E-state index in [-0.39, 0.29) is 0 Å². The zero-order valence-corrected chi connectivity index (χ0v) is 13.2. The molecule has 3 rings (SSSR count). The Balaban J connectivity index is 2.11. The lowest BCUT2D eigenvalue weighted by atomic mass is 10.1. The summed E-state index contributed by atoms with van der Waals surface area (Å²) in [6.45, 7) is 0.576. The second-order valence-corrected chi connectivity index (χ2v) is 5.60. The predicted molar refractivity (Wildman–Crippen MR) is 89.4 cm³/mol. The topological polar surface area (TPSA) is 48.3 Å². The van der Waals surface area contributed by atoms with Crippen LogP contribution in [0.1, 0.15) is 15.9 Å². The zero-order valence-electron chi connectivity index (χ0n) is 12.5. The number of rotatable bonds is 5. The minimum atomic E-state index is -0.543. The largest absolute Gasteiger partial charge is 0.497 e. The number of fused-ring (bicyclic) bond motifs is 1. The summed E-state index contributed by atoms with van der Waals surface area (Å²) in [6, 6.07) is 13.0. The van der Waals surface area contributed by atoms with Crippen LogP contribution in [0.15, 0.2) is 48.7 Å². The predicted octanol–water partition coefficient (Wildman–Crippen LogP) is 3.73. The maximum Gasteiger partial charge on any atom is 0.227 e. The van der Waals surface area contributed by atoms with E-state index in [1.165, 1.54) is 0 Å². The van der Waals surface area contributed by atoms with Crippen LogP contribution in [0.25, 0.3) is 10.9 Å². The second kappa shape index (κ2) is 6.26. The fourth-order valence-electron chi connectivity index (χ4n) is 2.58. The third-order valence-corrected chi connectivity index (χ3v) is 3.98. The van der Waals surface area contributed by atoms with Gasteiger partial charge in [-0.1, -0.05) is 23.7 Å². The molecular formula is C18H14ClNO3. The van der Waals surface area contributed by atoms with Crippen LogP contribution in [0, 0.1) is 0 Å². The van der Waals surface area contributed by atoms with Gasteiger partial charge in [-0.25, -0.2) is 0 Å². The summed E-state index contributed by atoms with van der Waals surface area (Å²) in [5, 5.41) is 1.38. The molecule has 0 spiro atoms. The van der Waals surface area contributed by atoms with Gasteiger partial charge in [-0.15, -0.1) is 0 Å². The van der Waals surface area contributed by atoms with Crippen LogP contribution in [-0.4, -0.2) is 23.7 Å². The Morgan fingerprint density at radius 3 is 2.61 bits per heavy atom. The van der Waals surface area contributed by atoms with E-state index < -0.39 is 5.78 Å². The molecule has 0 radical (unpaired) electrons. The van der Waals surface area contributed by atoms with Crippen LogP contribution in [0.5, 0.6) is 5.75 Å². The molecule has 1 heterocycles. The molecule has 23 heavy (non-hydrogen) atoms. The summed E-state index contributed by atoms with van der Waals surface area (Å²) < 4.78 is 7.15. The molecule has 0 bridgehead atoms. The molecule has 0 amide bonds. The Bertz CT molecular complexity index is 881. The Kier molecular flexibility index (Phi) is 4.17. The number of Topliss-reactive ketones (excluding diaryl/α,β-unsaturated/α-hetero) is 1. The minimum absolute atomic E-state index is 0.334. The summed E-state index contributed by atoms with van der Waals surface area (Å²) in [4.78, 5) is 22.8. The monoisotopic (exact) mass is 327 g/mol. The standard InChI is InChI=1S/C18H14ClNO3/c1-23-14-6-7-17-15(8-14)16(18(22)11-21)10-20(17)9-12-2-4-13(19)5-3-12/h2-8,10-11H,9H2,1H3. The molecular weight excluding hydrogens is 314 g/mol. The number of aldehydes is 1. The van der Waals surface area contributed by atoms with E-state index in [1.54, 1.807) is 19.4 Å². The number of nitrogens with zero attached hydrogens (tertiary/aromatic N) is 1. The maximum absolute atomic E-state index is 11.9. The van der Waals surface area contributed by atoms with Crippen LogP contribution >= 0.6 is 11.6 Å². The highest BCUT2D eigenvalue weighted by Crippen LogP contribution is 2.27. The maximum atomic E-state index is 11.9. The highest BCUT2D eigenvalue weighted by atomic mass is 35.5. The van der Waals surface area contributed by atoms with Gasteiger partial charge in [0.05, 0.1) is 12.7 Å². The minimum Gasteiger partial charge on any atom is -0.497 e. The number of ketones is 1. The molecule has 3 aromatic rings. The summed E-state index contributed by atoms with van der Waals surface area (Å²) in [7, 11) is 1.56. The van der Waals surface area contributed by atoms with Crippen molar-refractivity contribution in [2.24, 2.45) is 0 Å². The summed E-state index contributed by atoms with van der Waals surface area (Å²) in [5.41, 5.74) is 2.29. The lowest BCUT2D eigenvalue weighted by Gasteiger charge is -2.06. The van der Waals surface area contributed by atoms with Gasteiger partial charge in [-0.3, -0.25) is 9.59 Å². The van der Waals surface area contributed by atoms with Crippen LogP contribution < -0.4 is 4.74 Å². The lowest BCUT2D eigenvalue weighted by Crippen LogP contribution is -2.00. The van der Waals surface area contributed by atoms with Gasteiger partial charge < -0.3 is 9.30 Å². The number of methoxy groups -OCH3 is 1. The molecule has 0 saturated carbocycles. The van der Waals surface area contributed by atoms with Crippen molar-refractivity contribution >= 4 is 34.6 Å². The third-order valence-electron chi connectivity index (χ3n) is 3.73. The number of carbonyl (C=O) groups excluding carboxylic acids is 2. The molecule has 116 valence electrons. The van der Waals surface area contributed by atoms with Crippen molar-refractivity contribution in [2.75, 3.05) is 7.11 Å². The molecule has 1 aromatic heterocycles. The first-order valence-corrected chi connectivity index (χ1v) is 7.41. The second-order valence-electron chi connectivity index (χ2n) is 5.16. The normalized spacial score (nSPS) is 10.7. The van der Waals surface area contributed by atoms with Crippen molar-refractivity contribution in [1.82, 2.24) is 4.57 Å². The number of benzene rings is 2. The first-order chi connectivity index (χ1) is 11.1. The molecule has 0 fully saturated rings. The van der Waals surface area contributed by atoms with Crippen molar-refractivity contribution in [3.63, 3.8) is 0 Å². The SMILES string of the molecule is COc1ccc2c(c1)c(C(=O)C=O)cn2Cc1ccc(Cl)cc1. The molecule has 4 nitrogen and oxygen atoms in total. The fourth-order valence-corrected chi connectivity index (χ4v) is 2.71. The Labute approximate surface area is 138 Å². The van der Waals surface area contributed by atoms with Crippen LogP contribution in [-0.2, 0) is 11.3 Å². The van der Waals surface area contributed by atoms with E-state index in [9.17, 15) is 9.59 Å². The van der Waals surface area contributed by atoms with E-state index in [1.807, 2.05) is 41.0 Å². The van der Waals surface area contributed by atoms with E-state index in [0.29, 0.717) is 34.6 Å². The van der Waals surface area contributed by atoms with Crippen molar-refractivity contribution in [2.45, 2.75) is 6.54 Å². The van der Waals surface area contributed by atoms with Crippen molar-refractivity contribution in [3.8, 4) is 5.75 Å². The molecule has 0 N–H and O–H groups in total. The molecule has 2 aromatic carbocycles. The quantitative estimate of drug-likeness (QED) is 0.407. The smallest absolute Gasteiger partial charge is 0.227 e. The molecule has 5 heteroatoms. The van der Waals surface area contributed by atoms with Gasteiger partial charge in [-0.05, 0) is 35.9 Å². The van der Waals surface area contributed by atoms with Gasteiger partial charge in [0.1, 0.15) is 5.75 Å². The number of carbonyl (C=O) groups is 2. The van der Waals surface area contributed by atoms with Crippen LogP contribution in [0.2, 0.25) is 5.02 Å². The molecule has 0 aliphatic heterocycles. The van der Waals surface area contributed by atoms with E-state index in [4.69, 9.17) is 16.3 Å². The zero-order chi connectivity index (χ0) is 16.4. The van der Waals surface area contributed by atoms with Crippen LogP contribution in [0.3, 0.4) is 0 Å². The number of hydrogen-bond donors (Lipinski definition) is 0. The van der Waals surface area contributed by atoms with E-state index >= 15 is 0 Å². The van der Waals surface area contributed by atoms with Gasteiger partial charge in [-0.2, -0.15) is 0 Å². The molecule has 0 aliphatic carbocycles. The van der Waals surface area contributed by atoms with Crippen LogP contribution in [0.4, 0.5) is 0 Å². The number of ether oxygens (including phenoxy) is 1. The van der Waals surface area contributed by atoms with Crippen molar-refractivity contribution < 1.29 is 14.3 Å². The summed E-state index contributed by atoms with van der Waals surface area (Å²) in [5.74, 6) is 0.0970. The Morgan fingerprint density at radius 1 is 1.22 bits per heavy atom. The Hall–Kier alpha value is -2.59. The van der Waals surface area contributed by atoms with Gasteiger partial charge in [0, 0.05) is 28.7 Å². The molecule has 0 atom stereocenters. The van der Waals surface area contributed by atoms with Gasteiger partial charge in [0.15, 0.2) is 6.29 Å². The van der Waals surface area contributed by atoms with Gasteiger partial charge in [0.25, 0.3) is 0 Å². The first kappa shape index (κ1) is 15.3. The summed E-state index contributed by atoms with van der Waals surface area (Å²) >= 11 is 5.90. The van der Waals surface area contributed by atoms with E-state index in [2.05, 4.69) is 0 Å². The van der Waals surface area contributed by atoms with Crippen molar-refractivity contribution in [1.29, 1.82) is 0 Å². The highest BCUT2D eigenvalue weighted by Gasteiger charge is 2.15. The summed E-state index contributed by atoms with van der Waals surface area (Å²) in [6.07, 6.45) is 2.04. The Morgan fingerprint density at radius 2 is 1.96 bits per heavy atom. The highest BCUT2D eigenvalue weighted by molar-refractivity contribution is 6.36. The number of halogens is 1. The third kappa shape index (κ3) is 2.98. The molecule has 0 aliphatic rings. The lowest BCUT2D eigenvalue weighted by molar-refractivity contribution is -0.104. The average Bonchev–Trinajstić information content (AvgIpc) is 2.94. The van der Waals surface area contributed by atoms with Gasteiger partial charge >= 0.3 is 0 Å². The molecule has 0 saturated heterocycles. The average molecular weight is 328 g/mol. The first-order valence-electron chi connectivity index (χ1n) is 7.03. The van der Waals surface area contributed by atoms with E-state index in [0.717, 1.165) is 11.1 Å². The van der Waals surface area contributed by atoms with Gasteiger partial charge in [0.2, 0.25) is 5.78 Å². The number of aromatic nitrogens is 1. The number of hydrogen-bond acceptors (Lipinski definition) is 3.